The SMILES string of the molecule is CCOC(=O)N1CCN(C(=O)C(CCC(=O)O)NC(=O)c2cc(OCC(=O)N3CCNC(=O)CC3)c3ccc(C)cc3n2)CC1. The summed E-state index contributed by atoms with van der Waals surface area (Å²) in [7, 11) is 0. The molecule has 0 radical (unpaired) electrons. The summed E-state index contributed by atoms with van der Waals surface area (Å²) < 4.78 is 10.9. The first-order valence-electron chi connectivity index (χ1n) is 14.9. The van der Waals surface area contributed by atoms with Crippen LogP contribution in [0.4, 0.5) is 4.79 Å². The highest BCUT2D eigenvalue weighted by atomic mass is 16.6. The van der Waals surface area contributed by atoms with Crippen LogP contribution >= 0.6 is 0 Å². The van der Waals surface area contributed by atoms with Gasteiger partial charge in [0, 0.05) is 70.1 Å². The van der Waals surface area contributed by atoms with Gasteiger partial charge in [0.15, 0.2) is 6.61 Å². The van der Waals surface area contributed by atoms with E-state index < -0.39 is 29.9 Å². The van der Waals surface area contributed by atoms with Crippen molar-refractivity contribution in [3.8, 4) is 5.75 Å². The van der Waals surface area contributed by atoms with E-state index in [1.807, 2.05) is 13.0 Å². The summed E-state index contributed by atoms with van der Waals surface area (Å²) in [5.41, 5.74) is 1.21. The number of nitrogens with one attached hydrogen (secondary N) is 2. The number of carbonyl (C=O) groups excluding carboxylic acids is 5. The number of pyridine rings is 1. The molecule has 1 atom stereocenters. The summed E-state index contributed by atoms with van der Waals surface area (Å²) in [4.78, 5) is 83.8. The number of hydrogen-bond acceptors (Lipinski definition) is 9. The molecule has 3 N–H and O–H groups in total. The molecule has 3 heterocycles. The van der Waals surface area contributed by atoms with Crippen molar-refractivity contribution in [2.24, 2.45) is 0 Å². The van der Waals surface area contributed by atoms with Crippen molar-refractivity contribution in [1.29, 1.82) is 0 Å². The fourth-order valence-corrected chi connectivity index (χ4v) is 5.09. The van der Waals surface area contributed by atoms with Crippen LogP contribution in [0.5, 0.6) is 5.75 Å². The number of carboxylic acid groups (broad SMARTS) is 1. The second-order valence-corrected chi connectivity index (χ2v) is 10.8. The monoisotopic (exact) mass is 626 g/mol. The molecule has 5 amide bonds. The van der Waals surface area contributed by atoms with Gasteiger partial charge in [-0.05, 0) is 38.0 Å². The van der Waals surface area contributed by atoms with E-state index in [2.05, 4.69) is 15.6 Å². The van der Waals surface area contributed by atoms with E-state index in [9.17, 15) is 33.9 Å². The van der Waals surface area contributed by atoms with Crippen LogP contribution in [0.1, 0.15) is 42.2 Å². The van der Waals surface area contributed by atoms with Gasteiger partial charge in [-0.15, -0.1) is 0 Å². The Bertz CT molecular complexity index is 1460. The second-order valence-electron chi connectivity index (χ2n) is 10.8. The van der Waals surface area contributed by atoms with E-state index in [1.54, 1.807) is 19.1 Å². The summed E-state index contributed by atoms with van der Waals surface area (Å²) in [6.07, 6.45) is -0.805. The van der Waals surface area contributed by atoms with Crippen molar-refractivity contribution in [1.82, 2.24) is 30.3 Å². The predicted octanol–water partition coefficient (Wildman–Crippen LogP) is 0.534. The van der Waals surface area contributed by atoms with Gasteiger partial charge in [-0.3, -0.25) is 24.0 Å². The summed E-state index contributed by atoms with van der Waals surface area (Å²) in [5.74, 6) is -2.55. The van der Waals surface area contributed by atoms with Gasteiger partial charge in [0.25, 0.3) is 11.8 Å². The van der Waals surface area contributed by atoms with E-state index in [0.29, 0.717) is 24.0 Å². The van der Waals surface area contributed by atoms with Crippen molar-refractivity contribution in [3.05, 3.63) is 35.5 Å². The molecule has 4 rings (SSSR count). The number of ether oxygens (including phenoxy) is 2. The van der Waals surface area contributed by atoms with Crippen LogP contribution in [0.15, 0.2) is 24.3 Å². The van der Waals surface area contributed by atoms with E-state index in [-0.39, 0.29) is 88.5 Å². The molecule has 2 aromatic rings. The lowest BCUT2D eigenvalue weighted by Crippen LogP contribution is -2.56. The van der Waals surface area contributed by atoms with E-state index >= 15 is 0 Å². The van der Waals surface area contributed by atoms with Crippen molar-refractivity contribution in [2.45, 2.75) is 39.2 Å². The molecule has 0 saturated carbocycles. The third-order valence-corrected chi connectivity index (χ3v) is 7.54. The number of carboxylic acids is 1. The van der Waals surface area contributed by atoms with Gasteiger partial charge < -0.3 is 39.9 Å². The molecule has 2 aliphatic rings. The minimum atomic E-state index is -1.16. The zero-order chi connectivity index (χ0) is 32.5. The number of aryl methyl sites for hydroxylation is 1. The number of nitrogens with zero attached hydrogens (tertiary/aromatic N) is 4. The van der Waals surface area contributed by atoms with Gasteiger partial charge in [-0.25, -0.2) is 9.78 Å². The number of fused-ring (bicyclic) bond motifs is 1. The average molecular weight is 627 g/mol. The summed E-state index contributed by atoms with van der Waals surface area (Å²) >= 11 is 0. The number of hydrogen-bond donors (Lipinski definition) is 3. The number of aliphatic carboxylic acids is 1. The highest BCUT2D eigenvalue weighted by molar-refractivity contribution is 5.99. The number of piperazine rings is 1. The molecule has 0 spiro atoms. The minimum absolute atomic E-state index is 0.0830. The summed E-state index contributed by atoms with van der Waals surface area (Å²) in [6, 6.07) is 5.58. The highest BCUT2D eigenvalue weighted by Gasteiger charge is 2.31. The lowest BCUT2D eigenvalue weighted by molar-refractivity contribution is -0.138. The predicted molar refractivity (Wildman–Crippen MR) is 159 cm³/mol. The topological polar surface area (TPSA) is 188 Å². The molecule has 0 aliphatic carbocycles. The van der Waals surface area contributed by atoms with Crippen LogP contribution in [0.3, 0.4) is 0 Å². The second kappa shape index (κ2) is 15.2. The normalized spacial score (nSPS) is 16.0. The molecule has 1 unspecified atom stereocenters. The third kappa shape index (κ3) is 8.80. The molecule has 45 heavy (non-hydrogen) atoms. The standard InChI is InChI=1S/C30H38N6O9/c1-3-44-30(43)36-14-12-35(13-15-36)29(42)21(6-7-27(39)40)33-28(41)23-17-24(20-5-4-19(2)16-22(20)32-23)45-18-26(38)34-10-8-25(37)31-9-11-34/h4-5,16-17,21H,3,6-15,18H2,1-2H3,(H,31,37)(H,33,41)(H,39,40). The maximum atomic E-state index is 13.5. The van der Waals surface area contributed by atoms with Gasteiger partial charge in [-0.1, -0.05) is 6.07 Å². The molecular weight excluding hydrogens is 588 g/mol. The van der Waals surface area contributed by atoms with Gasteiger partial charge >= 0.3 is 12.1 Å². The zero-order valence-corrected chi connectivity index (χ0v) is 25.4. The number of amides is 5. The molecule has 15 heteroatoms. The number of aromatic nitrogens is 1. The molecule has 0 bridgehead atoms. The Morgan fingerprint density at radius 3 is 2.47 bits per heavy atom. The van der Waals surface area contributed by atoms with Crippen molar-refractivity contribution in [3.63, 3.8) is 0 Å². The molecule has 1 aromatic carbocycles. The van der Waals surface area contributed by atoms with Gasteiger partial charge in [0.1, 0.15) is 17.5 Å². The first-order chi connectivity index (χ1) is 21.5. The van der Waals surface area contributed by atoms with Crippen LogP contribution in [0, 0.1) is 6.92 Å². The number of benzene rings is 1. The Hall–Kier alpha value is -4.95. The average Bonchev–Trinajstić information content (AvgIpc) is 3.25. The quantitative estimate of drug-likeness (QED) is 0.336. The Labute approximate surface area is 259 Å². The van der Waals surface area contributed by atoms with E-state index in [4.69, 9.17) is 9.47 Å². The number of rotatable bonds is 10. The van der Waals surface area contributed by atoms with Crippen LogP contribution in [-0.2, 0) is 23.9 Å². The Morgan fingerprint density at radius 2 is 1.76 bits per heavy atom. The fourth-order valence-electron chi connectivity index (χ4n) is 5.09. The Kier molecular flexibility index (Phi) is 11.1. The molecule has 242 valence electrons. The zero-order valence-electron chi connectivity index (χ0n) is 25.4. The first kappa shape index (κ1) is 33.0. The highest BCUT2D eigenvalue weighted by Crippen LogP contribution is 2.27. The van der Waals surface area contributed by atoms with Crippen LogP contribution < -0.4 is 15.4 Å². The van der Waals surface area contributed by atoms with Crippen LogP contribution in [-0.4, -0.2) is 126 Å². The van der Waals surface area contributed by atoms with Crippen molar-refractivity contribution >= 4 is 46.6 Å². The lowest BCUT2D eigenvalue weighted by atomic mass is 10.1. The Balaban J connectivity index is 1.50. The minimum Gasteiger partial charge on any atom is -0.483 e. The first-order valence-corrected chi connectivity index (χ1v) is 14.9. The van der Waals surface area contributed by atoms with E-state index in [0.717, 1.165) is 5.56 Å². The smallest absolute Gasteiger partial charge is 0.409 e. The fraction of sp³-hybridized carbons (Fsp3) is 0.500. The van der Waals surface area contributed by atoms with Crippen molar-refractivity contribution in [2.75, 3.05) is 59.0 Å². The van der Waals surface area contributed by atoms with E-state index in [1.165, 1.54) is 20.8 Å². The summed E-state index contributed by atoms with van der Waals surface area (Å²) in [5, 5.41) is 15.2. The molecular formula is C30H38N6O9. The maximum absolute atomic E-state index is 13.5. The van der Waals surface area contributed by atoms with Crippen molar-refractivity contribution < 1.29 is 43.3 Å². The van der Waals surface area contributed by atoms with Gasteiger partial charge in [-0.2, -0.15) is 0 Å². The third-order valence-electron chi connectivity index (χ3n) is 7.54. The lowest BCUT2D eigenvalue weighted by Gasteiger charge is -2.35. The van der Waals surface area contributed by atoms with Crippen LogP contribution in [0.25, 0.3) is 10.9 Å². The maximum Gasteiger partial charge on any atom is 0.409 e. The summed E-state index contributed by atoms with van der Waals surface area (Å²) in [6.45, 7) is 5.26. The van der Waals surface area contributed by atoms with Gasteiger partial charge in [0.05, 0.1) is 12.1 Å². The number of carbonyl (C=O) groups is 6. The van der Waals surface area contributed by atoms with Crippen LogP contribution in [0.2, 0.25) is 0 Å². The molecule has 2 saturated heterocycles. The largest absolute Gasteiger partial charge is 0.483 e. The Morgan fingerprint density at radius 1 is 1.02 bits per heavy atom. The molecule has 15 nitrogen and oxygen atoms in total. The molecule has 1 aromatic heterocycles. The molecule has 2 fully saturated rings. The van der Waals surface area contributed by atoms with Gasteiger partial charge in [0.2, 0.25) is 11.8 Å². The molecule has 2 aliphatic heterocycles.